The van der Waals surface area contributed by atoms with Gasteiger partial charge in [0.05, 0.1) is 5.56 Å². The Morgan fingerprint density at radius 1 is 1.47 bits per heavy atom. The molecule has 1 aromatic heterocycles. The molecule has 90 valence electrons. The van der Waals surface area contributed by atoms with Crippen molar-refractivity contribution in [3.63, 3.8) is 0 Å². The number of hydrogen-bond donors (Lipinski definition) is 1. The van der Waals surface area contributed by atoms with Gasteiger partial charge < -0.3 is 10.2 Å². The Morgan fingerprint density at radius 3 is 2.94 bits per heavy atom. The van der Waals surface area contributed by atoms with Crippen LogP contribution < -0.4 is 5.32 Å². The minimum atomic E-state index is 0.661. The van der Waals surface area contributed by atoms with E-state index in [1.807, 2.05) is 13.0 Å². The highest BCUT2D eigenvalue weighted by atomic mass is 15.2. The molecule has 1 N–H and O–H groups in total. The fraction of sp³-hybridized carbons (Fsp3) is 0.538. The van der Waals surface area contributed by atoms with Gasteiger partial charge in [-0.05, 0) is 44.5 Å². The minimum Gasteiger partial charge on any atom is -0.368 e. The first-order valence-electron chi connectivity index (χ1n) is 6.13. The van der Waals surface area contributed by atoms with Gasteiger partial charge in [-0.2, -0.15) is 5.26 Å². The number of aryl methyl sites for hydroxylation is 1. The van der Waals surface area contributed by atoms with Crippen molar-refractivity contribution in [1.29, 1.82) is 5.26 Å². The van der Waals surface area contributed by atoms with E-state index in [1.165, 1.54) is 25.9 Å². The monoisotopic (exact) mass is 230 g/mol. The van der Waals surface area contributed by atoms with Gasteiger partial charge >= 0.3 is 0 Å². The van der Waals surface area contributed by atoms with E-state index in [-0.39, 0.29) is 0 Å². The van der Waals surface area contributed by atoms with Crippen molar-refractivity contribution < 1.29 is 0 Å². The van der Waals surface area contributed by atoms with Gasteiger partial charge in [0.1, 0.15) is 11.9 Å². The first-order chi connectivity index (χ1) is 8.31. The van der Waals surface area contributed by atoms with Gasteiger partial charge in [-0.15, -0.1) is 0 Å². The van der Waals surface area contributed by atoms with Crippen LogP contribution >= 0.6 is 0 Å². The van der Waals surface area contributed by atoms with Gasteiger partial charge in [0.15, 0.2) is 0 Å². The van der Waals surface area contributed by atoms with Crippen LogP contribution in [0.5, 0.6) is 0 Å². The van der Waals surface area contributed by atoms with Crippen LogP contribution in [0.2, 0.25) is 0 Å². The normalized spacial score (nSPS) is 15.8. The van der Waals surface area contributed by atoms with Gasteiger partial charge in [-0.3, -0.25) is 0 Å². The summed E-state index contributed by atoms with van der Waals surface area (Å²) in [7, 11) is 0. The average molecular weight is 230 g/mol. The van der Waals surface area contributed by atoms with E-state index < -0.39 is 0 Å². The molecule has 0 saturated carbocycles. The minimum absolute atomic E-state index is 0.661. The second-order valence-electron chi connectivity index (χ2n) is 4.44. The highest BCUT2D eigenvalue weighted by Crippen LogP contribution is 2.15. The summed E-state index contributed by atoms with van der Waals surface area (Å²) in [6, 6.07) is 4.07. The maximum absolute atomic E-state index is 9.07. The van der Waals surface area contributed by atoms with Gasteiger partial charge in [0.2, 0.25) is 0 Å². The molecule has 4 nitrogen and oxygen atoms in total. The Morgan fingerprint density at radius 2 is 2.24 bits per heavy atom. The van der Waals surface area contributed by atoms with E-state index >= 15 is 0 Å². The number of hydrogen-bond acceptors (Lipinski definition) is 4. The van der Waals surface area contributed by atoms with Crippen LogP contribution in [0.1, 0.15) is 24.0 Å². The quantitative estimate of drug-likeness (QED) is 0.856. The molecule has 0 unspecified atom stereocenters. The van der Waals surface area contributed by atoms with Crippen molar-refractivity contribution in [1.82, 2.24) is 9.88 Å². The molecule has 0 spiro atoms. The van der Waals surface area contributed by atoms with Crippen molar-refractivity contribution in [2.45, 2.75) is 19.8 Å². The van der Waals surface area contributed by atoms with Gasteiger partial charge in [-0.25, -0.2) is 4.98 Å². The van der Waals surface area contributed by atoms with E-state index in [0.717, 1.165) is 18.7 Å². The Labute approximate surface area is 102 Å². The molecule has 17 heavy (non-hydrogen) atoms. The molecule has 0 bridgehead atoms. The van der Waals surface area contributed by atoms with E-state index in [1.54, 1.807) is 6.20 Å². The Kier molecular flexibility index (Phi) is 3.94. The van der Waals surface area contributed by atoms with Gasteiger partial charge in [0, 0.05) is 19.3 Å². The molecule has 1 fully saturated rings. The summed E-state index contributed by atoms with van der Waals surface area (Å²) >= 11 is 0. The number of nitrogens with one attached hydrogen (secondary N) is 1. The van der Waals surface area contributed by atoms with E-state index in [4.69, 9.17) is 5.26 Å². The summed E-state index contributed by atoms with van der Waals surface area (Å²) in [5, 5.41) is 12.3. The van der Waals surface area contributed by atoms with Crippen molar-refractivity contribution >= 4 is 5.82 Å². The fourth-order valence-corrected chi connectivity index (χ4v) is 2.17. The summed E-state index contributed by atoms with van der Waals surface area (Å²) in [6.45, 7) is 6.22. The van der Waals surface area contributed by atoms with Crippen molar-refractivity contribution in [2.24, 2.45) is 0 Å². The Hall–Kier alpha value is -1.60. The smallest absolute Gasteiger partial charge is 0.144 e. The van der Waals surface area contributed by atoms with Crippen LogP contribution in [0.3, 0.4) is 0 Å². The number of nitrogens with zero attached hydrogens (tertiary/aromatic N) is 3. The third-order valence-corrected chi connectivity index (χ3v) is 3.19. The zero-order valence-electron chi connectivity index (χ0n) is 10.2. The molecule has 0 amide bonds. The fourth-order valence-electron chi connectivity index (χ4n) is 2.17. The van der Waals surface area contributed by atoms with Crippen LogP contribution in [-0.2, 0) is 0 Å². The molecule has 1 aliphatic heterocycles. The first kappa shape index (κ1) is 11.9. The molecule has 2 rings (SSSR count). The SMILES string of the molecule is Cc1ccnc(NCCN2CCCC2)c1C#N. The summed E-state index contributed by atoms with van der Waals surface area (Å²) in [5.41, 5.74) is 1.64. The zero-order chi connectivity index (χ0) is 12.1. The maximum Gasteiger partial charge on any atom is 0.144 e. The topological polar surface area (TPSA) is 52.0 Å². The zero-order valence-corrected chi connectivity index (χ0v) is 10.2. The predicted octanol–water partition coefficient (Wildman–Crippen LogP) is 1.77. The highest BCUT2D eigenvalue weighted by Gasteiger charge is 2.11. The molecule has 0 atom stereocenters. The van der Waals surface area contributed by atoms with Gasteiger partial charge in [-0.1, -0.05) is 0 Å². The molecule has 2 heterocycles. The predicted molar refractivity (Wildman–Crippen MR) is 67.9 cm³/mol. The first-order valence-corrected chi connectivity index (χ1v) is 6.13. The molecular formula is C13H18N4. The van der Waals surface area contributed by atoms with Crippen molar-refractivity contribution in [3.8, 4) is 6.07 Å². The third kappa shape index (κ3) is 2.95. The molecule has 0 aromatic carbocycles. The summed E-state index contributed by atoms with van der Waals surface area (Å²) in [6.07, 6.45) is 4.37. The van der Waals surface area contributed by atoms with E-state index in [2.05, 4.69) is 21.3 Å². The molecule has 1 aromatic rings. The van der Waals surface area contributed by atoms with Crippen LogP contribution in [0.4, 0.5) is 5.82 Å². The standard InChI is InChI=1S/C13H18N4/c1-11-4-5-15-13(12(11)10-14)16-6-9-17-7-2-3-8-17/h4-5H,2-3,6-9H2,1H3,(H,15,16). The Bertz CT molecular complexity index is 416. The van der Waals surface area contributed by atoms with Crippen LogP contribution in [0, 0.1) is 18.3 Å². The molecule has 1 aliphatic rings. The lowest BCUT2D eigenvalue weighted by Gasteiger charge is -2.15. The third-order valence-electron chi connectivity index (χ3n) is 3.19. The molecule has 4 heteroatoms. The van der Waals surface area contributed by atoms with Crippen LogP contribution in [0.15, 0.2) is 12.3 Å². The second kappa shape index (κ2) is 5.65. The molecule has 0 aliphatic carbocycles. The number of anilines is 1. The molecule has 0 radical (unpaired) electrons. The lowest BCUT2D eigenvalue weighted by molar-refractivity contribution is 0.352. The number of rotatable bonds is 4. The second-order valence-corrected chi connectivity index (χ2v) is 4.44. The summed E-state index contributed by atoms with van der Waals surface area (Å²) in [4.78, 5) is 6.66. The number of aromatic nitrogens is 1. The van der Waals surface area contributed by atoms with Crippen molar-refractivity contribution in [2.75, 3.05) is 31.5 Å². The number of nitriles is 1. The number of likely N-dealkylation sites (tertiary alicyclic amines) is 1. The molecular weight excluding hydrogens is 212 g/mol. The lowest BCUT2D eigenvalue weighted by Crippen LogP contribution is -2.26. The van der Waals surface area contributed by atoms with E-state index in [9.17, 15) is 0 Å². The number of pyridine rings is 1. The van der Waals surface area contributed by atoms with E-state index in [0.29, 0.717) is 11.4 Å². The van der Waals surface area contributed by atoms with Crippen LogP contribution in [-0.4, -0.2) is 36.1 Å². The summed E-state index contributed by atoms with van der Waals surface area (Å²) < 4.78 is 0. The largest absolute Gasteiger partial charge is 0.368 e. The lowest BCUT2D eigenvalue weighted by atomic mass is 10.1. The molecule has 1 saturated heterocycles. The Balaban J connectivity index is 1.90. The highest BCUT2D eigenvalue weighted by molar-refractivity contribution is 5.55. The van der Waals surface area contributed by atoms with Crippen molar-refractivity contribution in [3.05, 3.63) is 23.4 Å². The summed E-state index contributed by atoms with van der Waals surface area (Å²) in [5.74, 6) is 0.715. The average Bonchev–Trinajstić information content (AvgIpc) is 2.82. The van der Waals surface area contributed by atoms with Gasteiger partial charge in [0.25, 0.3) is 0 Å². The maximum atomic E-state index is 9.07. The van der Waals surface area contributed by atoms with Crippen LogP contribution in [0.25, 0.3) is 0 Å².